The molecule has 2 aromatic carbocycles. The minimum absolute atomic E-state index is 0.0142. The molecule has 0 aliphatic carbocycles. The molecule has 3 aromatic rings. The van der Waals surface area contributed by atoms with E-state index >= 15 is 4.39 Å². The number of piperazine rings is 1. The molecule has 0 spiro atoms. The summed E-state index contributed by atoms with van der Waals surface area (Å²) >= 11 is 3.28. The molecule has 12 heteroatoms. The highest BCUT2D eigenvalue weighted by Gasteiger charge is 2.45. The molecule has 0 saturated carbocycles. The topological polar surface area (TPSA) is 97.3 Å². The molecule has 3 atom stereocenters. The molecule has 3 aliphatic rings. The number of esters is 1. The number of halogens is 2. The summed E-state index contributed by atoms with van der Waals surface area (Å²) in [5, 5.41) is 0.362. The van der Waals surface area contributed by atoms with Gasteiger partial charge >= 0.3 is 18.1 Å². The van der Waals surface area contributed by atoms with Crippen LogP contribution in [0.1, 0.15) is 56.8 Å². The molecule has 1 aromatic heterocycles. The largest absolute Gasteiger partial charge is 0.462 e. The van der Waals surface area contributed by atoms with Crippen LogP contribution in [0.25, 0.3) is 10.9 Å². The Bertz CT molecular complexity index is 1550. The molecule has 3 saturated heterocycles. The number of rotatable bonds is 6. The lowest BCUT2D eigenvalue weighted by Crippen LogP contribution is -2.57. The summed E-state index contributed by atoms with van der Waals surface area (Å²) in [7, 11) is 2.06. The van der Waals surface area contributed by atoms with E-state index in [2.05, 4.69) is 32.9 Å². The third-order valence-corrected chi connectivity index (χ3v) is 9.24. The minimum atomic E-state index is -0.714. The Labute approximate surface area is 264 Å². The van der Waals surface area contributed by atoms with E-state index in [4.69, 9.17) is 19.2 Å². The van der Waals surface area contributed by atoms with Crippen LogP contribution in [0.5, 0.6) is 11.8 Å². The third kappa shape index (κ3) is 6.19. The molecule has 6 rings (SSSR count). The van der Waals surface area contributed by atoms with Crippen LogP contribution < -0.4 is 14.4 Å². The predicted molar refractivity (Wildman–Crippen MR) is 167 cm³/mol. The molecule has 3 aliphatic heterocycles. The van der Waals surface area contributed by atoms with Gasteiger partial charge in [-0.2, -0.15) is 9.97 Å². The van der Waals surface area contributed by atoms with E-state index in [9.17, 15) is 9.59 Å². The molecular weight excluding hydrogens is 633 g/mol. The van der Waals surface area contributed by atoms with Gasteiger partial charge in [-0.3, -0.25) is 4.90 Å². The summed E-state index contributed by atoms with van der Waals surface area (Å²) in [5.74, 6) is -0.624. The first-order valence-corrected chi connectivity index (χ1v) is 15.8. The van der Waals surface area contributed by atoms with Crippen molar-refractivity contribution in [3.05, 3.63) is 52.3 Å². The minimum Gasteiger partial charge on any atom is -0.462 e. The van der Waals surface area contributed by atoms with Crippen molar-refractivity contribution in [2.24, 2.45) is 0 Å². The number of aromatic nitrogens is 2. The number of carbonyl (C=O) groups is 2. The number of likely N-dealkylation sites (tertiary alicyclic amines) is 1. The van der Waals surface area contributed by atoms with Gasteiger partial charge in [-0.25, -0.2) is 14.0 Å². The fourth-order valence-electron chi connectivity index (χ4n) is 6.32. The number of ether oxygens (including phenoxy) is 3. The molecule has 2 bridgehead atoms. The number of carbonyl (C=O) groups excluding carboxylic acids is 2. The van der Waals surface area contributed by atoms with Gasteiger partial charge in [0.1, 0.15) is 29.3 Å². The van der Waals surface area contributed by atoms with E-state index in [1.54, 1.807) is 30.3 Å². The van der Waals surface area contributed by atoms with Gasteiger partial charge in [-0.05, 0) is 94.2 Å². The zero-order valence-corrected chi connectivity index (χ0v) is 27.0. The summed E-state index contributed by atoms with van der Waals surface area (Å²) < 4.78 is 33.4. The van der Waals surface area contributed by atoms with Crippen LogP contribution in [0.4, 0.5) is 15.0 Å². The summed E-state index contributed by atoms with van der Waals surface area (Å²) in [4.78, 5) is 41.7. The molecule has 44 heavy (non-hydrogen) atoms. The summed E-state index contributed by atoms with van der Waals surface area (Å²) in [5.41, 5.74) is -0.554. The van der Waals surface area contributed by atoms with Crippen molar-refractivity contribution in [1.29, 1.82) is 0 Å². The zero-order chi connectivity index (χ0) is 31.2. The van der Waals surface area contributed by atoms with Gasteiger partial charge in [-0.1, -0.05) is 18.2 Å². The normalized spacial score (nSPS) is 22.0. The van der Waals surface area contributed by atoms with E-state index < -0.39 is 17.4 Å². The number of likely N-dealkylation sites (N-methyl/N-ethyl adjacent to an activating group) is 1. The SMILES string of the molecule is CN1CCC[C@H]1COc1nc(N2CC3CCC(C2)N3C(=O)OC(C)(C)C)c2cc(C(=O)Oc3ccccc3)c(Br)c(F)c2n1. The Morgan fingerprint density at radius 2 is 1.77 bits per heavy atom. The number of fused-ring (bicyclic) bond motifs is 3. The molecule has 0 radical (unpaired) electrons. The summed E-state index contributed by atoms with van der Waals surface area (Å²) in [6, 6.07) is 10.3. The molecule has 3 fully saturated rings. The highest BCUT2D eigenvalue weighted by Crippen LogP contribution is 2.39. The van der Waals surface area contributed by atoms with Crippen LogP contribution in [-0.4, -0.2) is 88.8 Å². The van der Waals surface area contributed by atoms with E-state index in [0.29, 0.717) is 36.6 Å². The van der Waals surface area contributed by atoms with Crippen molar-refractivity contribution in [2.75, 3.05) is 38.2 Å². The molecule has 234 valence electrons. The first-order chi connectivity index (χ1) is 21.0. The molecular formula is C32H37BrFN5O5. The Kier molecular flexibility index (Phi) is 8.40. The highest BCUT2D eigenvalue weighted by molar-refractivity contribution is 9.10. The van der Waals surface area contributed by atoms with Gasteiger partial charge in [0.05, 0.1) is 22.1 Å². The van der Waals surface area contributed by atoms with Crippen LogP contribution in [0.15, 0.2) is 40.9 Å². The van der Waals surface area contributed by atoms with Crippen molar-refractivity contribution < 1.29 is 28.2 Å². The second-order valence-corrected chi connectivity index (χ2v) is 13.5. The molecule has 0 N–H and O–H groups in total. The Morgan fingerprint density at radius 3 is 2.41 bits per heavy atom. The van der Waals surface area contributed by atoms with E-state index in [-0.39, 0.29) is 45.8 Å². The van der Waals surface area contributed by atoms with Gasteiger partial charge in [0.2, 0.25) is 0 Å². The fraction of sp³-hybridized carbons (Fsp3) is 0.500. The predicted octanol–water partition coefficient (Wildman–Crippen LogP) is 5.81. The van der Waals surface area contributed by atoms with Crippen molar-refractivity contribution in [3.8, 4) is 11.8 Å². The molecule has 1 amide bonds. The lowest BCUT2D eigenvalue weighted by Gasteiger charge is -2.42. The average Bonchev–Trinajstić information content (AvgIpc) is 3.51. The van der Waals surface area contributed by atoms with Crippen molar-refractivity contribution in [2.45, 2.75) is 70.2 Å². The number of benzene rings is 2. The molecule has 2 unspecified atom stereocenters. The van der Waals surface area contributed by atoms with Gasteiger partial charge in [0.15, 0.2) is 5.82 Å². The second kappa shape index (κ2) is 12.1. The van der Waals surface area contributed by atoms with Gasteiger partial charge in [0, 0.05) is 24.5 Å². The lowest BCUT2D eigenvalue weighted by molar-refractivity contribution is 0.0122. The Balaban J connectivity index is 1.37. The van der Waals surface area contributed by atoms with Crippen LogP contribution >= 0.6 is 15.9 Å². The maximum atomic E-state index is 16.1. The molecule has 4 heterocycles. The number of anilines is 1. The number of para-hydroxylation sites is 1. The maximum absolute atomic E-state index is 16.1. The van der Waals surface area contributed by atoms with Gasteiger partial charge < -0.3 is 24.0 Å². The van der Waals surface area contributed by atoms with E-state index in [0.717, 1.165) is 32.2 Å². The van der Waals surface area contributed by atoms with Crippen molar-refractivity contribution >= 4 is 44.7 Å². The number of nitrogens with zero attached hydrogens (tertiary/aromatic N) is 5. The second-order valence-electron chi connectivity index (χ2n) is 12.7. The first-order valence-electron chi connectivity index (χ1n) is 15.0. The van der Waals surface area contributed by atoms with Crippen LogP contribution in [0, 0.1) is 5.82 Å². The van der Waals surface area contributed by atoms with Gasteiger partial charge in [0.25, 0.3) is 0 Å². The number of hydrogen-bond donors (Lipinski definition) is 0. The van der Waals surface area contributed by atoms with Crippen LogP contribution in [0.3, 0.4) is 0 Å². The van der Waals surface area contributed by atoms with Crippen LogP contribution in [0.2, 0.25) is 0 Å². The lowest BCUT2D eigenvalue weighted by atomic mass is 10.1. The monoisotopic (exact) mass is 669 g/mol. The highest BCUT2D eigenvalue weighted by atomic mass is 79.9. The van der Waals surface area contributed by atoms with Gasteiger partial charge in [-0.15, -0.1) is 0 Å². The maximum Gasteiger partial charge on any atom is 0.410 e. The standard InChI is InChI=1S/C32H37BrFN5O5/c1-32(2,3)44-31(41)39-19-12-13-20(39)17-38(16-19)28-24-15-23(29(40)43-22-10-6-5-7-11-22)25(33)26(34)27(24)35-30(36-28)42-18-21-9-8-14-37(21)4/h5-7,10-11,15,19-21H,8-9,12-14,16-18H2,1-4H3/t19?,20?,21-/m0/s1. The average molecular weight is 671 g/mol. The number of amides is 1. The number of hydrogen-bond acceptors (Lipinski definition) is 9. The van der Waals surface area contributed by atoms with E-state index in [1.165, 1.54) is 0 Å². The van der Waals surface area contributed by atoms with Crippen LogP contribution in [-0.2, 0) is 4.74 Å². The zero-order valence-electron chi connectivity index (χ0n) is 25.4. The Hall–Kier alpha value is -3.51. The first kappa shape index (κ1) is 30.5. The summed E-state index contributed by atoms with van der Waals surface area (Å²) in [6.45, 7) is 7.87. The smallest absolute Gasteiger partial charge is 0.410 e. The Morgan fingerprint density at radius 1 is 1.07 bits per heavy atom. The van der Waals surface area contributed by atoms with E-state index in [1.807, 2.05) is 36.6 Å². The molecule has 10 nitrogen and oxygen atoms in total. The van der Waals surface area contributed by atoms with Crippen molar-refractivity contribution in [3.63, 3.8) is 0 Å². The quantitative estimate of drug-likeness (QED) is 0.238. The van der Waals surface area contributed by atoms with Crippen molar-refractivity contribution in [1.82, 2.24) is 19.8 Å². The summed E-state index contributed by atoms with van der Waals surface area (Å²) in [6.07, 6.45) is 3.38. The fourth-order valence-corrected chi connectivity index (χ4v) is 6.79. The third-order valence-electron chi connectivity index (χ3n) is 8.47.